The SMILES string of the molecule is COC(=O)C1CCCN1C(=O)c1cc2ccc(F)cc2s1. The number of nitrogens with zero attached hydrogens (tertiary/aromatic N) is 1. The number of benzene rings is 1. The number of hydrogen-bond donors (Lipinski definition) is 0. The highest BCUT2D eigenvalue weighted by molar-refractivity contribution is 7.20. The Bertz CT molecular complexity index is 712. The number of rotatable bonds is 2. The summed E-state index contributed by atoms with van der Waals surface area (Å²) in [5, 5.41) is 0.832. The monoisotopic (exact) mass is 307 g/mol. The molecule has 4 nitrogen and oxygen atoms in total. The Balaban J connectivity index is 1.91. The molecule has 0 radical (unpaired) electrons. The summed E-state index contributed by atoms with van der Waals surface area (Å²) >= 11 is 1.24. The molecule has 3 rings (SSSR count). The number of ether oxygens (including phenoxy) is 1. The van der Waals surface area contributed by atoms with Crippen molar-refractivity contribution in [1.82, 2.24) is 4.90 Å². The number of fused-ring (bicyclic) bond motifs is 1. The van der Waals surface area contributed by atoms with Gasteiger partial charge >= 0.3 is 5.97 Å². The maximum atomic E-state index is 13.2. The Morgan fingerprint density at radius 2 is 2.19 bits per heavy atom. The Labute approximate surface area is 125 Å². The van der Waals surface area contributed by atoms with Gasteiger partial charge < -0.3 is 9.64 Å². The molecule has 21 heavy (non-hydrogen) atoms. The molecule has 1 atom stereocenters. The van der Waals surface area contributed by atoms with Crippen LogP contribution in [0.15, 0.2) is 24.3 Å². The van der Waals surface area contributed by atoms with Crippen LogP contribution in [0, 0.1) is 5.82 Å². The fraction of sp³-hybridized carbons (Fsp3) is 0.333. The first kappa shape index (κ1) is 14.0. The molecule has 1 aliphatic heterocycles. The van der Waals surface area contributed by atoms with Crippen LogP contribution in [0.2, 0.25) is 0 Å². The lowest BCUT2D eigenvalue weighted by atomic mass is 10.2. The van der Waals surface area contributed by atoms with Crippen LogP contribution in [-0.4, -0.2) is 36.5 Å². The predicted molar refractivity (Wildman–Crippen MR) is 77.9 cm³/mol. The first-order valence-corrected chi connectivity index (χ1v) is 7.49. The summed E-state index contributed by atoms with van der Waals surface area (Å²) in [6.45, 7) is 0.543. The minimum atomic E-state index is -0.510. The summed E-state index contributed by atoms with van der Waals surface area (Å²) in [7, 11) is 1.32. The minimum absolute atomic E-state index is 0.190. The predicted octanol–water partition coefficient (Wildman–Crippen LogP) is 2.82. The summed E-state index contributed by atoms with van der Waals surface area (Å²) in [5.74, 6) is -0.894. The number of likely N-dealkylation sites (tertiary alicyclic amines) is 1. The van der Waals surface area contributed by atoms with E-state index in [1.165, 1.54) is 30.6 Å². The van der Waals surface area contributed by atoms with Crippen molar-refractivity contribution < 1.29 is 18.7 Å². The fourth-order valence-corrected chi connectivity index (χ4v) is 3.69. The van der Waals surface area contributed by atoms with Gasteiger partial charge in [-0.05, 0) is 36.4 Å². The van der Waals surface area contributed by atoms with Crippen LogP contribution in [0.3, 0.4) is 0 Å². The average molecular weight is 307 g/mol. The first-order chi connectivity index (χ1) is 10.1. The molecule has 1 amide bonds. The van der Waals surface area contributed by atoms with E-state index in [1.54, 1.807) is 17.0 Å². The van der Waals surface area contributed by atoms with E-state index in [9.17, 15) is 14.0 Å². The topological polar surface area (TPSA) is 46.6 Å². The standard InChI is InChI=1S/C15H14FNO3S/c1-20-15(19)11-3-2-6-17(11)14(18)13-7-9-4-5-10(16)8-12(9)21-13/h4-5,7-8,11H,2-3,6H2,1H3. The molecule has 1 fully saturated rings. The third-order valence-electron chi connectivity index (χ3n) is 3.68. The third-order valence-corrected chi connectivity index (χ3v) is 4.77. The molecule has 110 valence electrons. The molecule has 1 aliphatic rings. The molecule has 2 heterocycles. The third kappa shape index (κ3) is 2.51. The lowest BCUT2D eigenvalue weighted by Gasteiger charge is -2.21. The summed E-state index contributed by atoms with van der Waals surface area (Å²) < 4.78 is 18.7. The van der Waals surface area contributed by atoms with Gasteiger partial charge in [-0.1, -0.05) is 6.07 Å². The van der Waals surface area contributed by atoms with Gasteiger partial charge in [0.15, 0.2) is 0 Å². The largest absolute Gasteiger partial charge is 0.467 e. The summed E-state index contributed by atoms with van der Waals surface area (Å²) in [5.41, 5.74) is 0. The number of amides is 1. The van der Waals surface area contributed by atoms with E-state index in [-0.39, 0.29) is 17.7 Å². The van der Waals surface area contributed by atoms with Crippen LogP contribution in [0.1, 0.15) is 22.5 Å². The fourth-order valence-electron chi connectivity index (χ4n) is 2.64. The minimum Gasteiger partial charge on any atom is -0.467 e. The molecule has 2 aromatic rings. The maximum Gasteiger partial charge on any atom is 0.328 e. The smallest absolute Gasteiger partial charge is 0.328 e. The average Bonchev–Trinajstić information content (AvgIpc) is 3.11. The highest BCUT2D eigenvalue weighted by atomic mass is 32.1. The normalized spacial score (nSPS) is 18.2. The van der Waals surface area contributed by atoms with Crippen LogP contribution < -0.4 is 0 Å². The van der Waals surface area contributed by atoms with E-state index in [0.717, 1.165) is 16.5 Å². The van der Waals surface area contributed by atoms with Crippen LogP contribution >= 0.6 is 11.3 Å². The first-order valence-electron chi connectivity index (χ1n) is 6.68. The summed E-state index contributed by atoms with van der Waals surface area (Å²) in [4.78, 5) is 26.4. The maximum absolute atomic E-state index is 13.2. The summed E-state index contributed by atoms with van der Waals surface area (Å²) in [6.07, 6.45) is 1.41. The van der Waals surface area contributed by atoms with E-state index in [0.29, 0.717) is 17.8 Å². The molecule has 0 saturated carbocycles. The Hall–Kier alpha value is -1.95. The number of halogens is 1. The number of methoxy groups -OCH3 is 1. The van der Waals surface area contributed by atoms with Crippen molar-refractivity contribution in [3.05, 3.63) is 35.0 Å². The number of carbonyl (C=O) groups is 2. The zero-order valence-corrected chi connectivity index (χ0v) is 12.3. The van der Waals surface area contributed by atoms with Crippen molar-refractivity contribution in [2.75, 3.05) is 13.7 Å². The molecule has 0 aliphatic carbocycles. The molecule has 1 aromatic carbocycles. The van der Waals surface area contributed by atoms with Crippen molar-refractivity contribution in [3.8, 4) is 0 Å². The molecule has 0 bridgehead atoms. The van der Waals surface area contributed by atoms with Gasteiger partial charge in [-0.25, -0.2) is 9.18 Å². The summed E-state index contributed by atoms with van der Waals surface area (Å²) in [6, 6.07) is 5.67. The van der Waals surface area contributed by atoms with Gasteiger partial charge in [0.2, 0.25) is 0 Å². The molecular weight excluding hydrogens is 293 g/mol. The number of esters is 1. The van der Waals surface area contributed by atoms with Gasteiger partial charge in [-0.3, -0.25) is 4.79 Å². The highest BCUT2D eigenvalue weighted by Crippen LogP contribution is 2.29. The van der Waals surface area contributed by atoms with E-state index >= 15 is 0 Å². The van der Waals surface area contributed by atoms with Crippen LogP contribution in [0.4, 0.5) is 4.39 Å². The molecule has 0 N–H and O–H groups in total. The number of carbonyl (C=O) groups excluding carboxylic acids is 2. The van der Waals surface area contributed by atoms with Crippen molar-refractivity contribution in [2.45, 2.75) is 18.9 Å². The van der Waals surface area contributed by atoms with Gasteiger partial charge in [-0.2, -0.15) is 0 Å². The Morgan fingerprint density at radius 3 is 2.95 bits per heavy atom. The lowest BCUT2D eigenvalue weighted by Crippen LogP contribution is -2.40. The molecule has 6 heteroatoms. The van der Waals surface area contributed by atoms with Crippen molar-refractivity contribution in [1.29, 1.82) is 0 Å². The zero-order valence-electron chi connectivity index (χ0n) is 11.5. The molecule has 1 aromatic heterocycles. The van der Waals surface area contributed by atoms with Crippen LogP contribution in [0.5, 0.6) is 0 Å². The zero-order chi connectivity index (χ0) is 15.0. The Morgan fingerprint density at radius 1 is 1.38 bits per heavy atom. The van der Waals surface area contributed by atoms with Gasteiger partial charge in [0.25, 0.3) is 5.91 Å². The second-order valence-corrected chi connectivity index (χ2v) is 6.06. The van der Waals surface area contributed by atoms with Crippen LogP contribution in [0.25, 0.3) is 10.1 Å². The van der Waals surface area contributed by atoms with Crippen LogP contribution in [-0.2, 0) is 9.53 Å². The lowest BCUT2D eigenvalue weighted by molar-refractivity contribution is -0.145. The van der Waals surface area contributed by atoms with Gasteiger partial charge in [0.05, 0.1) is 12.0 Å². The van der Waals surface area contributed by atoms with E-state index in [1.807, 2.05) is 0 Å². The second-order valence-electron chi connectivity index (χ2n) is 4.97. The molecular formula is C15H14FNO3S. The van der Waals surface area contributed by atoms with Gasteiger partial charge in [0.1, 0.15) is 11.9 Å². The second kappa shape index (κ2) is 5.44. The molecule has 1 saturated heterocycles. The number of thiophene rings is 1. The van der Waals surface area contributed by atoms with Gasteiger partial charge in [0, 0.05) is 11.2 Å². The van der Waals surface area contributed by atoms with E-state index in [2.05, 4.69) is 0 Å². The van der Waals surface area contributed by atoms with Crippen molar-refractivity contribution in [2.24, 2.45) is 0 Å². The van der Waals surface area contributed by atoms with E-state index in [4.69, 9.17) is 4.74 Å². The van der Waals surface area contributed by atoms with Gasteiger partial charge in [-0.15, -0.1) is 11.3 Å². The highest BCUT2D eigenvalue weighted by Gasteiger charge is 2.35. The number of hydrogen-bond acceptors (Lipinski definition) is 4. The molecule has 0 spiro atoms. The van der Waals surface area contributed by atoms with Crippen molar-refractivity contribution in [3.63, 3.8) is 0 Å². The molecule has 1 unspecified atom stereocenters. The van der Waals surface area contributed by atoms with E-state index < -0.39 is 6.04 Å². The Kier molecular flexibility index (Phi) is 3.63. The quantitative estimate of drug-likeness (QED) is 0.802. The van der Waals surface area contributed by atoms with Crippen molar-refractivity contribution >= 4 is 33.3 Å².